The normalized spacial score (nSPS) is 10.9. The van der Waals surface area contributed by atoms with Gasteiger partial charge in [0.1, 0.15) is 17.4 Å². The van der Waals surface area contributed by atoms with Crippen LogP contribution in [0, 0.1) is 18.3 Å². The third-order valence-electron chi connectivity index (χ3n) is 3.02. The lowest BCUT2D eigenvalue weighted by molar-refractivity contribution is -0.112. The maximum Gasteiger partial charge on any atom is 0.266 e. The van der Waals surface area contributed by atoms with Gasteiger partial charge in [-0.3, -0.25) is 4.79 Å². The topological polar surface area (TPSA) is 73.1 Å². The SMILES string of the molecule is Cc1ccc(Cl)cc1NC(=O)/C(C#N)=C/c1ccc(O)cc1. The molecule has 0 aliphatic heterocycles. The maximum atomic E-state index is 12.2. The number of rotatable bonds is 3. The third kappa shape index (κ3) is 3.87. The fraction of sp³-hybridized carbons (Fsp3) is 0.0588. The van der Waals surface area contributed by atoms with E-state index in [1.165, 1.54) is 18.2 Å². The summed E-state index contributed by atoms with van der Waals surface area (Å²) in [7, 11) is 0. The Morgan fingerprint density at radius 2 is 1.95 bits per heavy atom. The average molecular weight is 313 g/mol. The monoisotopic (exact) mass is 312 g/mol. The highest BCUT2D eigenvalue weighted by Crippen LogP contribution is 2.21. The molecule has 110 valence electrons. The molecule has 0 atom stereocenters. The van der Waals surface area contributed by atoms with Gasteiger partial charge < -0.3 is 10.4 Å². The van der Waals surface area contributed by atoms with Gasteiger partial charge in [0.15, 0.2) is 0 Å². The van der Waals surface area contributed by atoms with Gasteiger partial charge in [-0.25, -0.2) is 0 Å². The van der Waals surface area contributed by atoms with Gasteiger partial charge in [-0.1, -0.05) is 29.8 Å². The van der Waals surface area contributed by atoms with Crippen molar-refractivity contribution in [2.75, 3.05) is 5.32 Å². The molecule has 0 heterocycles. The second-order valence-electron chi connectivity index (χ2n) is 4.67. The van der Waals surface area contributed by atoms with Gasteiger partial charge in [0.05, 0.1) is 0 Å². The van der Waals surface area contributed by atoms with Crippen molar-refractivity contribution in [1.29, 1.82) is 5.26 Å². The number of nitrogens with zero attached hydrogens (tertiary/aromatic N) is 1. The van der Waals surface area contributed by atoms with Crippen molar-refractivity contribution < 1.29 is 9.90 Å². The number of nitrogens with one attached hydrogen (secondary N) is 1. The van der Waals surface area contributed by atoms with Crippen molar-refractivity contribution in [3.63, 3.8) is 0 Å². The van der Waals surface area contributed by atoms with Crippen molar-refractivity contribution in [3.05, 3.63) is 64.2 Å². The van der Waals surface area contributed by atoms with Crippen molar-refractivity contribution >= 4 is 29.3 Å². The van der Waals surface area contributed by atoms with Crippen LogP contribution >= 0.6 is 11.6 Å². The molecule has 5 heteroatoms. The van der Waals surface area contributed by atoms with Gasteiger partial charge in [-0.05, 0) is 48.4 Å². The van der Waals surface area contributed by atoms with Crippen LogP contribution in [0.2, 0.25) is 5.02 Å². The summed E-state index contributed by atoms with van der Waals surface area (Å²) in [6, 6.07) is 13.2. The number of anilines is 1. The molecule has 2 aromatic carbocycles. The summed E-state index contributed by atoms with van der Waals surface area (Å²) in [6.45, 7) is 1.83. The summed E-state index contributed by atoms with van der Waals surface area (Å²) in [5.74, 6) is -0.393. The predicted octanol–water partition coefficient (Wildman–Crippen LogP) is 3.90. The highest BCUT2D eigenvalue weighted by Gasteiger charge is 2.11. The fourth-order valence-corrected chi connectivity index (χ4v) is 1.98. The van der Waals surface area contributed by atoms with Crippen LogP contribution in [0.1, 0.15) is 11.1 Å². The number of halogens is 1. The molecular formula is C17H13ClN2O2. The van der Waals surface area contributed by atoms with Crippen LogP contribution in [-0.4, -0.2) is 11.0 Å². The van der Waals surface area contributed by atoms with E-state index in [1.807, 2.05) is 13.0 Å². The van der Waals surface area contributed by atoms with Crippen LogP contribution in [0.3, 0.4) is 0 Å². The van der Waals surface area contributed by atoms with E-state index >= 15 is 0 Å². The molecule has 1 amide bonds. The first-order valence-corrected chi connectivity index (χ1v) is 6.86. The molecule has 0 radical (unpaired) electrons. The van der Waals surface area contributed by atoms with E-state index < -0.39 is 5.91 Å². The Morgan fingerprint density at radius 3 is 2.59 bits per heavy atom. The van der Waals surface area contributed by atoms with Gasteiger partial charge in [-0.2, -0.15) is 5.26 Å². The van der Waals surface area contributed by atoms with E-state index in [2.05, 4.69) is 5.32 Å². The molecule has 0 aliphatic rings. The number of hydrogen-bond donors (Lipinski definition) is 2. The zero-order valence-corrected chi connectivity index (χ0v) is 12.6. The first kappa shape index (κ1) is 15.6. The van der Waals surface area contributed by atoms with Crippen LogP contribution in [-0.2, 0) is 4.79 Å². The Hall–Kier alpha value is -2.77. The number of hydrogen-bond acceptors (Lipinski definition) is 3. The summed E-state index contributed by atoms with van der Waals surface area (Å²) in [4.78, 5) is 12.2. The number of nitriles is 1. The smallest absolute Gasteiger partial charge is 0.266 e. The molecule has 2 rings (SSSR count). The Bertz CT molecular complexity index is 774. The van der Waals surface area contributed by atoms with Gasteiger partial charge >= 0.3 is 0 Å². The molecule has 22 heavy (non-hydrogen) atoms. The van der Waals surface area contributed by atoms with E-state index in [1.54, 1.807) is 30.3 Å². The summed E-state index contributed by atoms with van der Waals surface area (Å²) in [5, 5.41) is 21.6. The Morgan fingerprint density at radius 1 is 1.27 bits per heavy atom. The van der Waals surface area contributed by atoms with Crippen molar-refractivity contribution in [1.82, 2.24) is 0 Å². The Labute approximate surface area is 133 Å². The van der Waals surface area contributed by atoms with Gasteiger partial charge in [0, 0.05) is 10.7 Å². The number of amides is 1. The number of benzene rings is 2. The second-order valence-corrected chi connectivity index (χ2v) is 5.11. The van der Waals surface area contributed by atoms with Crippen molar-refractivity contribution in [2.24, 2.45) is 0 Å². The van der Waals surface area contributed by atoms with Crippen LogP contribution in [0.4, 0.5) is 5.69 Å². The first-order valence-electron chi connectivity index (χ1n) is 6.48. The van der Waals surface area contributed by atoms with Gasteiger partial charge in [0.25, 0.3) is 5.91 Å². The molecule has 0 spiro atoms. The number of aromatic hydroxyl groups is 1. The highest BCUT2D eigenvalue weighted by atomic mass is 35.5. The Kier molecular flexibility index (Phi) is 4.82. The largest absolute Gasteiger partial charge is 0.508 e. The second kappa shape index (κ2) is 6.79. The lowest BCUT2D eigenvalue weighted by Gasteiger charge is -2.08. The van der Waals surface area contributed by atoms with E-state index in [0.29, 0.717) is 16.3 Å². The lowest BCUT2D eigenvalue weighted by atomic mass is 10.1. The zero-order chi connectivity index (χ0) is 16.1. The molecule has 2 aromatic rings. The molecule has 2 N–H and O–H groups in total. The highest BCUT2D eigenvalue weighted by molar-refractivity contribution is 6.31. The number of phenolic OH excluding ortho intramolecular Hbond substituents is 1. The van der Waals surface area contributed by atoms with Crippen LogP contribution in [0.5, 0.6) is 5.75 Å². The summed E-state index contributed by atoms with van der Waals surface area (Å²) in [6.07, 6.45) is 1.45. The summed E-state index contributed by atoms with van der Waals surface area (Å²) < 4.78 is 0. The van der Waals surface area contributed by atoms with Gasteiger partial charge in [-0.15, -0.1) is 0 Å². The quantitative estimate of drug-likeness (QED) is 0.667. The number of phenols is 1. The summed E-state index contributed by atoms with van der Waals surface area (Å²) >= 11 is 5.90. The van der Waals surface area contributed by atoms with Crippen LogP contribution in [0.15, 0.2) is 48.0 Å². The molecule has 0 aromatic heterocycles. The standard InChI is InChI=1S/C17H13ClN2O2/c1-11-2-5-14(18)9-16(11)20-17(22)13(10-19)8-12-3-6-15(21)7-4-12/h2-9,21H,1H3,(H,20,22)/b13-8+. The average Bonchev–Trinajstić information content (AvgIpc) is 2.50. The van der Waals surface area contributed by atoms with Crippen LogP contribution in [0.25, 0.3) is 6.08 Å². The van der Waals surface area contributed by atoms with E-state index in [4.69, 9.17) is 16.9 Å². The van der Waals surface area contributed by atoms with Gasteiger partial charge in [0.2, 0.25) is 0 Å². The predicted molar refractivity (Wildman–Crippen MR) is 86.5 cm³/mol. The number of carbonyl (C=O) groups is 1. The fourth-order valence-electron chi connectivity index (χ4n) is 1.80. The molecule has 0 unspecified atom stereocenters. The molecule has 0 saturated heterocycles. The third-order valence-corrected chi connectivity index (χ3v) is 3.25. The summed E-state index contributed by atoms with van der Waals surface area (Å²) in [5.41, 5.74) is 2.02. The van der Waals surface area contributed by atoms with E-state index in [0.717, 1.165) is 5.56 Å². The lowest BCUT2D eigenvalue weighted by Crippen LogP contribution is -2.14. The molecule has 4 nitrogen and oxygen atoms in total. The first-order chi connectivity index (χ1) is 10.5. The van der Waals surface area contributed by atoms with Crippen molar-refractivity contribution in [2.45, 2.75) is 6.92 Å². The zero-order valence-electron chi connectivity index (χ0n) is 11.8. The minimum atomic E-state index is -0.513. The molecule has 0 bridgehead atoms. The number of aryl methyl sites for hydroxylation is 1. The molecule has 0 aliphatic carbocycles. The molecule has 0 saturated carbocycles. The minimum absolute atomic E-state index is 0.0370. The maximum absolute atomic E-state index is 12.2. The van der Waals surface area contributed by atoms with Crippen LogP contribution < -0.4 is 5.32 Å². The Balaban J connectivity index is 2.24. The van der Waals surface area contributed by atoms with E-state index in [9.17, 15) is 9.90 Å². The van der Waals surface area contributed by atoms with E-state index in [-0.39, 0.29) is 11.3 Å². The molecular weight excluding hydrogens is 300 g/mol. The molecule has 0 fully saturated rings. The minimum Gasteiger partial charge on any atom is -0.508 e. The number of carbonyl (C=O) groups excluding carboxylic acids is 1. The van der Waals surface area contributed by atoms with Crippen molar-refractivity contribution in [3.8, 4) is 11.8 Å².